The fraction of sp³-hybridized carbons (Fsp3) is 0.270. The van der Waals surface area contributed by atoms with Crippen LogP contribution in [0.4, 0.5) is 0 Å². The summed E-state index contributed by atoms with van der Waals surface area (Å²) < 4.78 is 2.29. The molecule has 5 aromatic rings. The highest BCUT2D eigenvalue weighted by atomic mass is 16.2. The van der Waals surface area contributed by atoms with Crippen molar-refractivity contribution in [3.63, 3.8) is 0 Å². The van der Waals surface area contributed by atoms with Crippen molar-refractivity contribution in [2.45, 2.75) is 19.0 Å². The Kier molecular flexibility index (Phi) is 8.50. The van der Waals surface area contributed by atoms with Crippen LogP contribution in [0.1, 0.15) is 38.7 Å². The third-order valence-corrected chi connectivity index (χ3v) is 8.45. The lowest BCUT2D eigenvalue weighted by atomic mass is 9.83. The smallest absolute Gasteiger partial charge is 0.270 e. The molecule has 5 nitrogen and oxygen atoms in total. The Bertz CT molecular complexity index is 1560. The van der Waals surface area contributed by atoms with Gasteiger partial charge in [-0.3, -0.25) is 9.69 Å². The summed E-state index contributed by atoms with van der Waals surface area (Å²) in [7, 11) is 4.19. The molecule has 1 saturated heterocycles. The molecule has 5 heteroatoms. The molecule has 0 aliphatic carbocycles. The van der Waals surface area contributed by atoms with E-state index in [1.165, 1.54) is 16.7 Å². The van der Waals surface area contributed by atoms with Gasteiger partial charge in [0, 0.05) is 68.2 Å². The third-order valence-electron chi connectivity index (χ3n) is 8.45. The normalized spacial score (nSPS) is 14.2. The van der Waals surface area contributed by atoms with Gasteiger partial charge in [-0.05, 0) is 36.9 Å². The molecule has 0 spiro atoms. The number of benzene rings is 4. The first-order valence-corrected chi connectivity index (χ1v) is 15.0. The van der Waals surface area contributed by atoms with Crippen molar-refractivity contribution in [1.82, 2.24) is 19.3 Å². The third kappa shape index (κ3) is 5.89. The maximum absolute atomic E-state index is 14.8. The minimum absolute atomic E-state index is 0.0591. The van der Waals surface area contributed by atoms with E-state index in [1.54, 1.807) is 0 Å². The standard InChI is InChI=1S/C37H40N4O/c1-38(2)22-27-41-33-21-13-12-20-32(33)35(34(30-16-8-4-9-17-30)31-18-10-5-11-19-31)36(41)37(42)40-25-23-39(24-26-40)28-29-14-6-3-7-15-29/h3-21,34H,22-28H2,1-2H3. The lowest BCUT2D eigenvalue weighted by Crippen LogP contribution is -2.49. The van der Waals surface area contributed by atoms with Gasteiger partial charge < -0.3 is 14.4 Å². The molecular formula is C37H40N4O. The quantitative estimate of drug-likeness (QED) is 0.212. The van der Waals surface area contributed by atoms with E-state index in [0.717, 1.165) is 68.0 Å². The summed E-state index contributed by atoms with van der Waals surface area (Å²) in [6.45, 7) is 5.71. The summed E-state index contributed by atoms with van der Waals surface area (Å²) in [6, 6.07) is 40.5. The van der Waals surface area contributed by atoms with Gasteiger partial charge in [0.1, 0.15) is 5.69 Å². The fourth-order valence-corrected chi connectivity index (χ4v) is 6.30. The summed E-state index contributed by atoms with van der Waals surface area (Å²) in [6.07, 6.45) is 0. The monoisotopic (exact) mass is 556 g/mol. The second kappa shape index (κ2) is 12.8. The zero-order chi connectivity index (χ0) is 28.9. The number of fused-ring (bicyclic) bond motifs is 1. The second-order valence-electron chi connectivity index (χ2n) is 11.5. The Morgan fingerprint density at radius 1 is 0.714 bits per heavy atom. The van der Waals surface area contributed by atoms with Crippen LogP contribution in [0.25, 0.3) is 10.9 Å². The van der Waals surface area contributed by atoms with E-state index < -0.39 is 0 Å². The van der Waals surface area contributed by atoms with Crippen LogP contribution in [0.5, 0.6) is 0 Å². The number of amides is 1. The van der Waals surface area contributed by atoms with Crippen molar-refractivity contribution in [3.8, 4) is 0 Å². The minimum atomic E-state index is -0.0591. The molecule has 0 N–H and O–H groups in total. The number of hydrogen-bond acceptors (Lipinski definition) is 3. The molecule has 0 atom stereocenters. The molecule has 0 saturated carbocycles. The topological polar surface area (TPSA) is 31.7 Å². The van der Waals surface area contributed by atoms with E-state index in [1.807, 2.05) is 0 Å². The van der Waals surface area contributed by atoms with Gasteiger partial charge in [-0.25, -0.2) is 0 Å². The molecule has 1 aliphatic rings. The van der Waals surface area contributed by atoms with Crippen molar-refractivity contribution in [2.24, 2.45) is 0 Å². The van der Waals surface area contributed by atoms with Gasteiger partial charge >= 0.3 is 0 Å². The number of rotatable bonds is 9. The summed E-state index contributed by atoms with van der Waals surface area (Å²) in [5.74, 6) is 0.0763. The maximum Gasteiger partial charge on any atom is 0.270 e. The lowest BCUT2D eigenvalue weighted by Gasteiger charge is -2.35. The number of nitrogens with zero attached hydrogens (tertiary/aromatic N) is 4. The zero-order valence-corrected chi connectivity index (χ0v) is 24.7. The van der Waals surface area contributed by atoms with Gasteiger partial charge in [0.25, 0.3) is 5.91 Å². The molecular weight excluding hydrogens is 516 g/mol. The van der Waals surface area contributed by atoms with E-state index in [2.05, 4.69) is 149 Å². The van der Waals surface area contributed by atoms with Gasteiger partial charge in [-0.1, -0.05) is 109 Å². The molecule has 214 valence electrons. The molecule has 0 radical (unpaired) electrons. The molecule has 1 fully saturated rings. The molecule has 1 aliphatic heterocycles. The van der Waals surface area contributed by atoms with Crippen LogP contribution in [0.3, 0.4) is 0 Å². The number of carbonyl (C=O) groups is 1. The fourth-order valence-electron chi connectivity index (χ4n) is 6.30. The van der Waals surface area contributed by atoms with Crippen LogP contribution in [-0.4, -0.2) is 72.0 Å². The Morgan fingerprint density at radius 2 is 1.26 bits per heavy atom. The Morgan fingerprint density at radius 3 is 1.86 bits per heavy atom. The van der Waals surface area contributed by atoms with Gasteiger partial charge in [-0.15, -0.1) is 0 Å². The van der Waals surface area contributed by atoms with Gasteiger partial charge in [0.15, 0.2) is 0 Å². The van der Waals surface area contributed by atoms with Gasteiger partial charge in [0.2, 0.25) is 0 Å². The molecule has 4 aromatic carbocycles. The summed E-state index contributed by atoms with van der Waals surface area (Å²) in [5.41, 5.74) is 6.77. The molecule has 2 heterocycles. The molecule has 0 unspecified atom stereocenters. The first-order chi connectivity index (χ1) is 20.6. The first kappa shape index (κ1) is 28.0. The molecule has 42 heavy (non-hydrogen) atoms. The van der Waals surface area contributed by atoms with Crippen LogP contribution in [0, 0.1) is 0 Å². The van der Waals surface area contributed by atoms with E-state index in [0.29, 0.717) is 0 Å². The lowest BCUT2D eigenvalue weighted by molar-refractivity contribution is 0.0616. The number of carbonyl (C=O) groups excluding carboxylic acids is 1. The number of aromatic nitrogens is 1. The van der Waals surface area contributed by atoms with Crippen molar-refractivity contribution in [3.05, 3.63) is 143 Å². The Labute approximate surface area is 249 Å². The van der Waals surface area contributed by atoms with Crippen molar-refractivity contribution in [2.75, 3.05) is 46.8 Å². The number of likely N-dealkylation sites (N-methyl/N-ethyl adjacent to an activating group) is 1. The minimum Gasteiger partial charge on any atom is -0.335 e. The predicted molar refractivity (Wildman–Crippen MR) is 172 cm³/mol. The van der Waals surface area contributed by atoms with Crippen LogP contribution in [-0.2, 0) is 13.1 Å². The SMILES string of the molecule is CN(C)CCn1c(C(=O)N2CCN(Cc3ccccc3)CC2)c(C(c2ccccc2)c2ccccc2)c2ccccc21. The molecule has 1 amide bonds. The molecule has 1 aromatic heterocycles. The van der Waals surface area contributed by atoms with Crippen molar-refractivity contribution in [1.29, 1.82) is 0 Å². The molecule has 0 bridgehead atoms. The van der Waals surface area contributed by atoms with Crippen LogP contribution < -0.4 is 0 Å². The van der Waals surface area contributed by atoms with E-state index >= 15 is 0 Å². The first-order valence-electron chi connectivity index (χ1n) is 15.0. The number of piperazine rings is 1. The van der Waals surface area contributed by atoms with Gasteiger partial charge in [-0.2, -0.15) is 0 Å². The van der Waals surface area contributed by atoms with Crippen LogP contribution in [0.15, 0.2) is 115 Å². The zero-order valence-electron chi connectivity index (χ0n) is 24.7. The maximum atomic E-state index is 14.8. The van der Waals surface area contributed by atoms with Crippen LogP contribution in [0.2, 0.25) is 0 Å². The second-order valence-corrected chi connectivity index (χ2v) is 11.5. The van der Waals surface area contributed by atoms with Crippen molar-refractivity contribution >= 4 is 16.8 Å². The summed E-state index contributed by atoms with van der Waals surface area (Å²) in [5, 5.41) is 1.15. The average Bonchev–Trinajstić information content (AvgIpc) is 3.35. The largest absolute Gasteiger partial charge is 0.335 e. The highest BCUT2D eigenvalue weighted by Gasteiger charge is 2.33. The summed E-state index contributed by atoms with van der Waals surface area (Å²) >= 11 is 0. The average molecular weight is 557 g/mol. The van der Waals surface area contributed by atoms with Gasteiger partial charge in [0.05, 0.1) is 0 Å². The van der Waals surface area contributed by atoms with E-state index in [4.69, 9.17) is 0 Å². The predicted octanol–water partition coefficient (Wildman–Crippen LogP) is 6.34. The highest BCUT2D eigenvalue weighted by Crippen LogP contribution is 2.40. The Balaban J connectivity index is 1.44. The summed E-state index contributed by atoms with van der Waals surface area (Å²) in [4.78, 5) is 21.5. The van der Waals surface area contributed by atoms with E-state index in [9.17, 15) is 4.79 Å². The Hall–Kier alpha value is -4.19. The molecule has 6 rings (SSSR count). The van der Waals surface area contributed by atoms with E-state index in [-0.39, 0.29) is 11.8 Å². The van der Waals surface area contributed by atoms with Crippen LogP contribution >= 0.6 is 0 Å². The van der Waals surface area contributed by atoms with Crippen molar-refractivity contribution < 1.29 is 4.79 Å². The number of hydrogen-bond donors (Lipinski definition) is 0. The number of para-hydroxylation sites is 1. The highest BCUT2D eigenvalue weighted by molar-refractivity contribution is 6.03.